The van der Waals surface area contributed by atoms with E-state index in [0.29, 0.717) is 10.6 Å². The van der Waals surface area contributed by atoms with Crippen LogP contribution >= 0.6 is 11.6 Å². The monoisotopic (exact) mass is 380 g/mol. The second-order valence-electron chi connectivity index (χ2n) is 5.34. The van der Waals surface area contributed by atoms with Crippen LogP contribution in [0.25, 0.3) is 0 Å². The third kappa shape index (κ3) is 5.30. The highest BCUT2D eigenvalue weighted by Crippen LogP contribution is 2.16. The second-order valence-corrected chi connectivity index (χ2v) is 7.89. The molecule has 0 aliphatic carbocycles. The summed E-state index contributed by atoms with van der Waals surface area (Å²) in [5, 5.41) is 0.426. The molecule has 2 aromatic rings. The largest absolute Gasteiger partial charge is 0.273 e. The third-order valence-corrected chi connectivity index (χ3v) is 5.46. The zero-order valence-electron chi connectivity index (χ0n) is 13.5. The first-order valence-corrected chi connectivity index (χ1v) is 9.46. The van der Waals surface area contributed by atoms with E-state index in [1.807, 2.05) is 0 Å². The van der Waals surface area contributed by atoms with Gasteiger partial charge in [0.25, 0.3) is 5.91 Å². The molecule has 2 N–H and O–H groups in total. The number of carbonyl (C=O) groups is 2. The van der Waals surface area contributed by atoms with Gasteiger partial charge in [-0.05, 0) is 42.8 Å². The molecule has 0 aliphatic heterocycles. The highest BCUT2D eigenvalue weighted by molar-refractivity contribution is 7.91. The summed E-state index contributed by atoms with van der Waals surface area (Å²) in [6.45, 7) is 1.77. The average molecular weight is 381 g/mol. The van der Waals surface area contributed by atoms with Gasteiger partial charge in [-0.1, -0.05) is 29.8 Å². The van der Waals surface area contributed by atoms with Crippen LogP contribution in [-0.2, 0) is 14.6 Å². The van der Waals surface area contributed by atoms with Gasteiger partial charge in [-0.3, -0.25) is 20.4 Å². The number of aryl methyl sites for hydroxylation is 1. The molecule has 8 heteroatoms. The van der Waals surface area contributed by atoms with Gasteiger partial charge in [0.1, 0.15) is 0 Å². The van der Waals surface area contributed by atoms with Crippen LogP contribution in [0.15, 0.2) is 53.4 Å². The molecule has 0 bridgehead atoms. The maximum absolute atomic E-state index is 12.1. The van der Waals surface area contributed by atoms with Crippen molar-refractivity contribution in [2.45, 2.75) is 18.2 Å². The SMILES string of the molecule is Cc1ccccc1C(=O)NNC(=O)CCS(=O)(=O)c1ccc(Cl)cc1. The predicted octanol–water partition coefficient (Wildman–Crippen LogP) is 2.27. The number of rotatable bonds is 5. The van der Waals surface area contributed by atoms with Crippen LogP contribution in [0.2, 0.25) is 5.02 Å². The summed E-state index contributed by atoms with van der Waals surface area (Å²) in [4.78, 5) is 23.8. The zero-order valence-corrected chi connectivity index (χ0v) is 15.0. The number of sulfone groups is 1. The Bertz CT molecular complexity index is 880. The normalized spacial score (nSPS) is 11.0. The number of benzene rings is 2. The van der Waals surface area contributed by atoms with Crippen molar-refractivity contribution in [2.24, 2.45) is 0 Å². The summed E-state index contributed by atoms with van der Waals surface area (Å²) < 4.78 is 24.3. The fourth-order valence-corrected chi connectivity index (χ4v) is 3.44. The minimum Gasteiger partial charge on any atom is -0.273 e. The maximum Gasteiger partial charge on any atom is 0.269 e. The maximum atomic E-state index is 12.1. The number of amides is 2. The molecular formula is C17H17ClN2O4S. The van der Waals surface area contributed by atoms with Crippen molar-refractivity contribution in [1.29, 1.82) is 0 Å². The van der Waals surface area contributed by atoms with Gasteiger partial charge >= 0.3 is 0 Å². The van der Waals surface area contributed by atoms with Crippen LogP contribution in [0.4, 0.5) is 0 Å². The van der Waals surface area contributed by atoms with Crippen molar-refractivity contribution in [2.75, 3.05) is 5.75 Å². The lowest BCUT2D eigenvalue weighted by Crippen LogP contribution is -2.42. The number of hydrogen-bond donors (Lipinski definition) is 2. The highest BCUT2D eigenvalue weighted by Gasteiger charge is 2.17. The molecule has 2 rings (SSSR count). The molecule has 0 unspecified atom stereocenters. The molecule has 25 heavy (non-hydrogen) atoms. The van der Waals surface area contributed by atoms with Crippen LogP contribution < -0.4 is 10.9 Å². The van der Waals surface area contributed by atoms with E-state index in [1.54, 1.807) is 31.2 Å². The van der Waals surface area contributed by atoms with Crippen molar-refractivity contribution in [3.8, 4) is 0 Å². The molecule has 0 heterocycles. The summed E-state index contributed by atoms with van der Waals surface area (Å²) in [5.41, 5.74) is 5.68. The number of carbonyl (C=O) groups excluding carboxylic acids is 2. The average Bonchev–Trinajstić information content (AvgIpc) is 2.59. The number of hydrazine groups is 1. The number of nitrogens with one attached hydrogen (secondary N) is 2. The van der Waals surface area contributed by atoms with E-state index in [4.69, 9.17) is 11.6 Å². The van der Waals surface area contributed by atoms with Gasteiger partial charge in [0.05, 0.1) is 10.6 Å². The predicted molar refractivity (Wildman–Crippen MR) is 94.9 cm³/mol. The molecule has 2 aromatic carbocycles. The van der Waals surface area contributed by atoms with Gasteiger partial charge in [0.2, 0.25) is 5.91 Å². The Balaban J connectivity index is 1.87. The molecular weight excluding hydrogens is 364 g/mol. The molecule has 0 saturated carbocycles. The minimum atomic E-state index is -3.60. The molecule has 0 fully saturated rings. The number of hydrogen-bond acceptors (Lipinski definition) is 4. The van der Waals surface area contributed by atoms with E-state index in [2.05, 4.69) is 10.9 Å². The topological polar surface area (TPSA) is 92.3 Å². The smallest absolute Gasteiger partial charge is 0.269 e. The molecule has 2 amide bonds. The molecule has 132 valence electrons. The van der Waals surface area contributed by atoms with E-state index in [0.717, 1.165) is 5.56 Å². The van der Waals surface area contributed by atoms with Crippen LogP contribution in [0.1, 0.15) is 22.3 Å². The molecule has 0 aliphatic rings. The fraction of sp³-hybridized carbons (Fsp3) is 0.176. The van der Waals surface area contributed by atoms with Gasteiger partial charge in [-0.25, -0.2) is 8.42 Å². The summed E-state index contributed by atoms with van der Waals surface area (Å²) in [6.07, 6.45) is -0.279. The summed E-state index contributed by atoms with van der Waals surface area (Å²) >= 11 is 5.72. The van der Waals surface area contributed by atoms with Gasteiger partial charge in [0.15, 0.2) is 9.84 Å². The van der Waals surface area contributed by atoms with Gasteiger partial charge in [-0.2, -0.15) is 0 Å². The Hall–Kier alpha value is -2.38. The van der Waals surface area contributed by atoms with E-state index in [9.17, 15) is 18.0 Å². The lowest BCUT2D eigenvalue weighted by atomic mass is 10.1. The molecule has 0 atom stereocenters. The van der Waals surface area contributed by atoms with Crippen LogP contribution in [-0.4, -0.2) is 26.0 Å². The van der Waals surface area contributed by atoms with Crippen LogP contribution in [0.3, 0.4) is 0 Å². The Morgan fingerprint density at radius 2 is 1.64 bits per heavy atom. The van der Waals surface area contributed by atoms with E-state index in [1.165, 1.54) is 24.3 Å². The number of halogens is 1. The van der Waals surface area contributed by atoms with Crippen molar-refractivity contribution in [3.05, 3.63) is 64.7 Å². The van der Waals surface area contributed by atoms with Crippen LogP contribution in [0, 0.1) is 6.92 Å². The molecule has 6 nitrogen and oxygen atoms in total. The molecule has 0 spiro atoms. The minimum absolute atomic E-state index is 0.0913. The molecule has 0 saturated heterocycles. The first kappa shape index (κ1) is 19.0. The quantitative estimate of drug-likeness (QED) is 0.778. The highest BCUT2D eigenvalue weighted by atomic mass is 35.5. The lowest BCUT2D eigenvalue weighted by molar-refractivity contribution is -0.121. The Morgan fingerprint density at radius 3 is 2.28 bits per heavy atom. The zero-order chi connectivity index (χ0) is 18.4. The summed E-state index contributed by atoms with van der Waals surface area (Å²) in [6, 6.07) is 12.6. The molecule has 0 radical (unpaired) electrons. The van der Waals surface area contributed by atoms with Gasteiger partial charge < -0.3 is 0 Å². The summed E-state index contributed by atoms with van der Waals surface area (Å²) in [7, 11) is -3.60. The fourth-order valence-electron chi connectivity index (χ4n) is 2.07. The Labute approximate surface area is 151 Å². The van der Waals surface area contributed by atoms with Gasteiger partial charge in [-0.15, -0.1) is 0 Å². The van der Waals surface area contributed by atoms with Crippen molar-refractivity contribution in [1.82, 2.24) is 10.9 Å². The summed E-state index contributed by atoms with van der Waals surface area (Å²) in [5.74, 6) is -1.44. The lowest BCUT2D eigenvalue weighted by Gasteiger charge is -2.09. The van der Waals surface area contributed by atoms with E-state index < -0.39 is 21.7 Å². The third-order valence-electron chi connectivity index (χ3n) is 3.48. The van der Waals surface area contributed by atoms with Crippen molar-refractivity contribution < 1.29 is 18.0 Å². The van der Waals surface area contributed by atoms with E-state index in [-0.39, 0.29) is 17.1 Å². The molecule has 0 aromatic heterocycles. The van der Waals surface area contributed by atoms with Crippen LogP contribution in [0.5, 0.6) is 0 Å². The standard InChI is InChI=1S/C17H17ClN2O4S/c1-12-4-2-3-5-15(12)17(22)20-19-16(21)10-11-25(23,24)14-8-6-13(18)7-9-14/h2-9H,10-11H2,1H3,(H,19,21)(H,20,22). The Kier molecular flexibility index (Phi) is 6.17. The first-order chi connectivity index (χ1) is 11.8. The van der Waals surface area contributed by atoms with Gasteiger partial charge in [0, 0.05) is 17.0 Å². The van der Waals surface area contributed by atoms with Crippen molar-refractivity contribution in [3.63, 3.8) is 0 Å². The first-order valence-electron chi connectivity index (χ1n) is 7.43. The Morgan fingerprint density at radius 1 is 1.00 bits per heavy atom. The van der Waals surface area contributed by atoms with Crippen molar-refractivity contribution >= 4 is 33.3 Å². The van der Waals surface area contributed by atoms with E-state index >= 15 is 0 Å². The second kappa shape index (κ2) is 8.13.